The van der Waals surface area contributed by atoms with Crippen LogP contribution in [0.15, 0.2) is 10.6 Å². The summed E-state index contributed by atoms with van der Waals surface area (Å²) in [5.41, 5.74) is 5.31. The number of carboxylic acids is 1. The van der Waals surface area contributed by atoms with E-state index >= 15 is 0 Å². The van der Waals surface area contributed by atoms with Crippen molar-refractivity contribution >= 4 is 35.5 Å². The molecule has 0 spiro atoms. The molecule has 5 atom stereocenters. The first kappa shape index (κ1) is 19.6. The third-order valence-electron chi connectivity index (χ3n) is 4.95. The number of carbonyl (C=O) groups excluding carboxylic acids is 3. The van der Waals surface area contributed by atoms with E-state index in [9.17, 15) is 29.4 Å². The number of primary amides is 1. The molecule has 3 aliphatic heterocycles. The van der Waals surface area contributed by atoms with Gasteiger partial charge in [0.15, 0.2) is 0 Å². The summed E-state index contributed by atoms with van der Waals surface area (Å²) in [7, 11) is 0. The lowest BCUT2D eigenvalue weighted by Gasteiger charge is -2.43. The summed E-state index contributed by atoms with van der Waals surface area (Å²) in [6, 6.07) is -0.700. The molecule has 11 heteroatoms. The van der Waals surface area contributed by atoms with Crippen LogP contribution in [0.1, 0.15) is 20.3 Å². The van der Waals surface area contributed by atoms with Gasteiger partial charge in [-0.25, -0.2) is 4.79 Å². The van der Waals surface area contributed by atoms with Crippen LogP contribution >= 0.6 is 11.8 Å². The van der Waals surface area contributed by atoms with E-state index in [2.05, 4.69) is 0 Å². The van der Waals surface area contributed by atoms with Gasteiger partial charge in [-0.1, -0.05) is 0 Å². The van der Waals surface area contributed by atoms with Gasteiger partial charge in [-0.15, -0.1) is 11.8 Å². The molecule has 0 aromatic carbocycles. The van der Waals surface area contributed by atoms with Crippen LogP contribution in [0, 0.1) is 5.92 Å². The van der Waals surface area contributed by atoms with Gasteiger partial charge in [0.1, 0.15) is 17.2 Å². The highest BCUT2D eigenvalue weighted by Gasteiger charge is 2.58. The summed E-state index contributed by atoms with van der Waals surface area (Å²) in [4.78, 5) is 50.2. The highest BCUT2D eigenvalue weighted by Crippen LogP contribution is 2.50. The smallest absolute Gasteiger partial charge is 0.353 e. The van der Waals surface area contributed by atoms with Crippen molar-refractivity contribution in [3.05, 3.63) is 10.6 Å². The highest BCUT2D eigenvalue weighted by atomic mass is 32.2. The van der Waals surface area contributed by atoms with E-state index < -0.39 is 53.3 Å². The predicted molar refractivity (Wildman–Crippen MR) is 92.8 cm³/mol. The maximum atomic E-state index is 12.2. The Bertz CT molecular complexity index is 738. The lowest BCUT2D eigenvalue weighted by Crippen LogP contribution is -2.60. The van der Waals surface area contributed by atoms with Crippen molar-refractivity contribution < 1.29 is 34.1 Å². The normalized spacial score (nSPS) is 31.5. The Kier molecular flexibility index (Phi) is 5.19. The van der Waals surface area contributed by atoms with Crippen molar-refractivity contribution in [2.45, 2.75) is 43.9 Å². The molecule has 148 valence electrons. The van der Waals surface area contributed by atoms with E-state index in [0.717, 1.165) is 0 Å². The number of amides is 2. The molecule has 4 N–H and O–H groups in total. The summed E-state index contributed by atoms with van der Waals surface area (Å²) in [5.74, 6) is -3.41. The number of aliphatic hydroxyl groups is 1. The Labute approximate surface area is 159 Å². The number of nitrogens with two attached hydrogens (primary N) is 1. The number of esters is 1. The molecule has 3 heterocycles. The number of thioether (sulfide) groups is 1. The van der Waals surface area contributed by atoms with Crippen molar-refractivity contribution in [1.29, 1.82) is 0 Å². The minimum Gasteiger partial charge on any atom is -0.477 e. The van der Waals surface area contributed by atoms with Crippen LogP contribution in [0.3, 0.4) is 0 Å². The van der Waals surface area contributed by atoms with Crippen molar-refractivity contribution in [2.75, 3.05) is 13.1 Å². The summed E-state index contributed by atoms with van der Waals surface area (Å²) in [6.07, 6.45) is -1.17. The van der Waals surface area contributed by atoms with Gasteiger partial charge in [-0.05, 0) is 6.92 Å². The summed E-state index contributed by atoms with van der Waals surface area (Å²) in [5, 5.41) is 18.9. The number of aliphatic carboxylic acids is 1. The first-order chi connectivity index (χ1) is 12.6. The fraction of sp³-hybridized carbons (Fsp3) is 0.625. The summed E-state index contributed by atoms with van der Waals surface area (Å²) in [6.45, 7) is 3.09. The Balaban J connectivity index is 1.81. The third kappa shape index (κ3) is 3.42. The molecule has 0 unspecified atom stereocenters. The monoisotopic (exact) mass is 399 g/mol. The average molecular weight is 399 g/mol. The molecule has 2 saturated heterocycles. The highest BCUT2D eigenvalue weighted by molar-refractivity contribution is 8.04. The standard InChI is InChI=1S/C16H21N3O7S/c1-6(20)11-14(23)19-12(16(24)25)10(27-15(11)19)5-18-4-8(26-7(2)21)3-9(18)13(17)22/h6,8-9,11,15,20H,3-5H2,1-2H3,(H2,17,22)(H,24,25)/t6-,8-,9+,11+,15-/m1/s1. The van der Waals surface area contributed by atoms with Crippen LogP contribution < -0.4 is 5.73 Å². The summed E-state index contributed by atoms with van der Waals surface area (Å²) < 4.78 is 5.16. The molecule has 2 fully saturated rings. The fourth-order valence-electron chi connectivity index (χ4n) is 3.80. The molecule has 0 radical (unpaired) electrons. The Morgan fingerprint density at radius 1 is 1.41 bits per heavy atom. The van der Waals surface area contributed by atoms with E-state index in [1.165, 1.54) is 30.5 Å². The lowest BCUT2D eigenvalue weighted by atomic mass is 9.92. The molecule has 0 aromatic rings. The van der Waals surface area contributed by atoms with Gasteiger partial charge in [0.25, 0.3) is 0 Å². The largest absolute Gasteiger partial charge is 0.477 e. The average Bonchev–Trinajstić information content (AvgIpc) is 3.06. The van der Waals surface area contributed by atoms with Crippen molar-refractivity contribution in [2.24, 2.45) is 11.7 Å². The number of hydrogen-bond donors (Lipinski definition) is 3. The van der Waals surface area contributed by atoms with Gasteiger partial charge in [0.05, 0.1) is 18.1 Å². The first-order valence-corrected chi connectivity index (χ1v) is 9.34. The topological polar surface area (TPSA) is 150 Å². The lowest BCUT2D eigenvalue weighted by molar-refractivity contribution is -0.156. The number of carboxylic acid groups (broad SMARTS) is 1. The fourth-order valence-corrected chi connectivity index (χ4v) is 5.44. The van der Waals surface area contributed by atoms with Crippen LogP contribution in [0.4, 0.5) is 0 Å². The van der Waals surface area contributed by atoms with Crippen LogP contribution in [-0.2, 0) is 23.9 Å². The second-order valence-corrected chi connectivity index (χ2v) is 8.09. The van der Waals surface area contributed by atoms with E-state index in [1.54, 1.807) is 4.90 Å². The van der Waals surface area contributed by atoms with Crippen LogP contribution in [0.2, 0.25) is 0 Å². The molecule has 0 aliphatic carbocycles. The number of hydrogen-bond acceptors (Lipinski definition) is 8. The number of ether oxygens (including phenoxy) is 1. The molecule has 10 nitrogen and oxygen atoms in total. The van der Waals surface area contributed by atoms with Gasteiger partial charge in [0.2, 0.25) is 11.8 Å². The quantitative estimate of drug-likeness (QED) is 0.365. The zero-order chi connectivity index (χ0) is 20.0. The molecule has 27 heavy (non-hydrogen) atoms. The van der Waals surface area contributed by atoms with Crippen molar-refractivity contribution in [3.8, 4) is 0 Å². The minimum atomic E-state index is -1.25. The van der Waals surface area contributed by atoms with Gasteiger partial charge in [0, 0.05) is 31.3 Å². The zero-order valence-electron chi connectivity index (χ0n) is 14.8. The van der Waals surface area contributed by atoms with E-state index in [-0.39, 0.29) is 25.2 Å². The number of aliphatic hydroxyl groups excluding tert-OH is 1. The maximum absolute atomic E-state index is 12.2. The van der Waals surface area contributed by atoms with E-state index in [1.807, 2.05) is 0 Å². The Hall–Kier alpha value is -2.11. The molecule has 0 bridgehead atoms. The number of fused-ring (bicyclic) bond motifs is 1. The predicted octanol–water partition coefficient (Wildman–Crippen LogP) is -1.31. The van der Waals surface area contributed by atoms with Crippen LogP contribution in [-0.4, -0.2) is 80.5 Å². The number of carbonyl (C=O) groups is 4. The third-order valence-corrected chi connectivity index (χ3v) is 6.30. The van der Waals surface area contributed by atoms with Crippen molar-refractivity contribution in [3.63, 3.8) is 0 Å². The van der Waals surface area contributed by atoms with E-state index in [4.69, 9.17) is 10.5 Å². The molecule has 3 aliphatic rings. The zero-order valence-corrected chi connectivity index (χ0v) is 15.6. The van der Waals surface area contributed by atoms with Gasteiger partial charge in [-0.2, -0.15) is 0 Å². The summed E-state index contributed by atoms with van der Waals surface area (Å²) >= 11 is 1.20. The van der Waals surface area contributed by atoms with Gasteiger partial charge in [-0.3, -0.25) is 24.2 Å². The Morgan fingerprint density at radius 3 is 2.59 bits per heavy atom. The molecule has 3 rings (SSSR count). The number of β-lactam (4-membered cyclic amide) rings is 1. The van der Waals surface area contributed by atoms with Gasteiger partial charge < -0.3 is 20.7 Å². The van der Waals surface area contributed by atoms with Crippen molar-refractivity contribution in [1.82, 2.24) is 9.80 Å². The number of likely N-dealkylation sites (tertiary alicyclic amines) is 1. The second-order valence-electron chi connectivity index (χ2n) is 6.87. The molecule has 2 amide bonds. The van der Waals surface area contributed by atoms with Crippen LogP contribution in [0.5, 0.6) is 0 Å². The number of nitrogens with zero attached hydrogens (tertiary/aromatic N) is 2. The second kappa shape index (κ2) is 7.13. The molecular formula is C16H21N3O7S. The Morgan fingerprint density at radius 2 is 2.07 bits per heavy atom. The molecule has 0 saturated carbocycles. The van der Waals surface area contributed by atoms with Gasteiger partial charge >= 0.3 is 11.9 Å². The van der Waals surface area contributed by atoms with Crippen LogP contribution in [0.25, 0.3) is 0 Å². The SMILES string of the molecule is CC(=O)O[C@@H]1C[C@@H](C(N)=O)N(CC2=C(C(=O)O)N3C(=O)[C@H]([C@@H](C)O)[C@H]3S2)C1. The molecular weight excluding hydrogens is 378 g/mol. The first-order valence-electron chi connectivity index (χ1n) is 8.46. The van der Waals surface area contributed by atoms with E-state index in [0.29, 0.717) is 4.91 Å². The molecule has 0 aromatic heterocycles. The maximum Gasteiger partial charge on any atom is 0.353 e. The minimum absolute atomic E-state index is 0.0878. The number of rotatable bonds is 6.